The summed E-state index contributed by atoms with van der Waals surface area (Å²) in [7, 11) is 0. The molecular weight excluding hydrogens is 322 g/mol. The molecule has 3 heteroatoms. The Labute approximate surface area is 158 Å². The van der Waals surface area contributed by atoms with Gasteiger partial charge in [0.25, 0.3) is 0 Å². The van der Waals surface area contributed by atoms with Crippen molar-refractivity contribution >= 4 is 5.69 Å². The number of benzene rings is 2. The summed E-state index contributed by atoms with van der Waals surface area (Å²) in [6.45, 7) is 8.79. The maximum atomic E-state index is 6.00. The lowest BCUT2D eigenvalue weighted by Crippen LogP contribution is -2.06. The van der Waals surface area contributed by atoms with Gasteiger partial charge in [0.1, 0.15) is 11.5 Å². The van der Waals surface area contributed by atoms with E-state index < -0.39 is 0 Å². The van der Waals surface area contributed by atoms with E-state index >= 15 is 0 Å². The molecule has 0 radical (unpaired) electrons. The topological polar surface area (TPSA) is 30.5 Å². The van der Waals surface area contributed by atoms with Crippen LogP contribution in [0.1, 0.15) is 52.0 Å². The van der Waals surface area contributed by atoms with E-state index in [1.807, 2.05) is 18.2 Å². The standard InChI is InChI=1S/C23H33NO2/c1-4-5-6-9-15-25-23-14-8-7-11-20(23)17-24-21-12-10-13-22(16-21)26-18-19(2)3/h7-8,10-14,16,19,24H,4-6,9,15,17-18H2,1-3H3. The van der Waals surface area contributed by atoms with Crippen LogP contribution in [0.25, 0.3) is 0 Å². The van der Waals surface area contributed by atoms with Crippen LogP contribution < -0.4 is 14.8 Å². The second kappa shape index (κ2) is 11.5. The van der Waals surface area contributed by atoms with Gasteiger partial charge in [-0.2, -0.15) is 0 Å². The summed E-state index contributed by atoms with van der Waals surface area (Å²) in [6, 6.07) is 16.4. The van der Waals surface area contributed by atoms with Crippen LogP contribution in [0.15, 0.2) is 48.5 Å². The number of hydrogen-bond acceptors (Lipinski definition) is 3. The van der Waals surface area contributed by atoms with Crippen molar-refractivity contribution in [1.29, 1.82) is 0 Å². The fourth-order valence-electron chi connectivity index (χ4n) is 2.66. The lowest BCUT2D eigenvalue weighted by Gasteiger charge is -2.14. The van der Waals surface area contributed by atoms with Gasteiger partial charge in [-0.25, -0.2) is 0 Å². The molecule has 0 saturated carbocycles. The van der Waals surface area contributed by atoms with Gasteiger partial charge in [0.15, 0.2) is 0 Å². The van der Waals surface area contributed by atoms with Crippen LogP contribution in [0.4, 0.5) is 5.69 Å². The van der Waals surface area contributed by atoms with Crippen molar-refractivity contribution in [2.45, 2.75) is 53.0 Å². The summed E-state index contributed by atoms with van der Waals surface area (Å²) in [4.78, 5) is 0. The average molecular weight is 356 g/mol. The third-order valence-corrected chi connectivity index (χ3v) is 4.13. The van der Waals surface area contributed by atoms with Crippen molar-refractivity contribution < 1.29 is 9.47 Å². The zero-order valence-corrected chi connectivity index (χ0v) is 16.5. The van der Waals surface area contributed by atoms with Gasteiger partial charge in [-0.1, -0.05) is 64.3 Å². The first-order valence-corrected chi connectivity index (χ1v) is 9.86. The molecule has 0 heterocycles. The largest absolute Gasteiger partial charge is 0.493 e. The van der Waals surface area contributed by atoms with E-state index in [9.17, 15) is 0 Å². The summed E-state index contributed by atoms with van der Waals surface area (Å²) in [5.41, 5.74) is 2.24. The van der Waals surface area contributed by atoms with E-state index in [-0.39, 0.29) is 0 Å². The zero-order chi connectivity index (χ0) is 18.6. The van der Waals surface area contributed by atoms with Gasteiger partial charge in [-0.3, -0.25) is 0 Å². The smallest absolute Gasteiger partial charge is 0.124 e. The first-order chi connectivity index (χ1) is 12.7. The van der Waals surface area contributed by atoms with Crippen molar-refractivity contribution in [1.82, 2.24) is 0 Å². The highest BCUT2D eigenvalue weighted by molar-refractivity contribution is 5.49. The van der Waals surface area contributed by atoms with Crippen LogP contribution in [0.3, 0.4) is 0 Å². The van der Waals surface area contributed by atoms with Gasteiger partial charge in [0.05, 0.1) is 13.2 Å². The van der Waals surface area contributed by atoms with Crippen LogP contribution in [0.5, 0.6) is 11.5 Å². The van der Waals surface area contributed by atoms with Crippen LogP contribution in [-0.2, 0) is 6.54 Å². The molecule has 2 aromatic rings. The Morgan fingerprint density at radius 1 is 0.923 bits per heavy atom. The third kappa shape index (κ3) is 7.38. The monoisotopic (exact) mass is 355 g/mol. The minimum absolute atomic E-state index is 0.521. The normalized spacial score (nSPS) is 10.8. The van der Waals surface area contributed by atoms with Crippen LogP contribution in [0, 0.1) is 5.92 Å². The molecule has 0 aliphatic heterocycles. The van der Waals surface area contributed by atoms with Gasteiger partial charge in [0.2, 0.25) is 0 Å². The van der Waals surface area contributed by atoms with Gasteiger partial charge in [0, 0.05) is 23.9 Å². The molecule has 0 aliphatic rings. The Balaban J connectivity index is 1.88. The summed E-state index contributed by atoms with van der Waals surface area (Å²) < 4.78 is 11.8. The Bertz CT molecular complexity index is 640. The van der Waals surface area contributed by atoms with Crippen LogP contribution in [-0.4, -0.2) is 13.2 Å². The molecule has 142 valence electrons. The predicted molar refractivity (Wildman–Crippen MR) is 110 cm³/mol. The summed E-state index contributed by atoms with van der Waals surface area (Å²) in [5, 5.41) is 3.48. The highest BCUT2D eigenvalue weighted by Gasteiger charge is 2.04. The van der Waals surface area contributed by atoms with Gasteiger partial charge < -0.3 is 14.8 Å². The molecule has 0 amide bonds. The number of rotatable bonds is 12. The van der Waals surface area contributed by atoms with E-state index in [0.29, 0.717) is 5.92 Å². The first-order valence-electron chi connectivity index (χ1n) is 9.86. The number of anilines is 1. The van der Waals surface area contributed by atoms with E-state index in [4.69, 9.17) is 9.47 Å². The fourth-order valence-corrected chi connectivity index (χ4v) is 2.66. The highest BCUT2D eigenvalue weighted by atomic mass is 16.5. The molecule has 0 aliphatic carbocycles. The molecule has 0 fully saturated rings. The third-order valence-electron chi connectivity index (χ3n) is 4.13. The van der Waals surface area contributed by atoms with Gasteiger partial charge in [-0.05, 0) is 30.5 Å². The van der Waals surface area contributed by atoms with Crippen molar-refractivity contribution in [3.05, 3.63) is 54.1 Å². The first kappa shape index (κ1) is 20.2. The van der Waals surface area contributed by atoms with Crippen molar-refractivity contribution in [2.75, 3.05) is 18.5 Å². The number of nitrogens with one attached hydrogen (secondary N) is 1. The lowest BCUT2D eigenvalue weighted by atomic mass is 10.2. The van der Waals surface area contributed by atoms with Crippen molar-refractivity contribution in [2.24, 2.45) is 5.92 Å². The van der Waals surface area contributed by atoms with Crippen LogP contribution >= 0.6 is 0 Å². The number of unbranched alkanes of at least 4 members (excludes halogenated alkanes) is 3. The number of para-hydroxylation sites is 1. The van der Waals surface area contributed by atoms with E-state index in [1.165, 1.54) is 24.8 Å². The molecule has 3 nitrogen and oxygen atoms in total. The van der Waals surface area contributed by atoms with Crippen LogP contribution in [0.2, 0.25) is 0 Å². The maximum absolute atomic E-state index is 6.00. The predicted octanol–water partition coefficient (Wildman–Crippen LogP) is 6.29. The molecule has 0 atom stereocenters. The minimum atomic E-state index is 0.521. The van der Waals surface area contributed by atoms with E-state index in [0.717, 1.165) is 43.4 Å². The Morgan fingerprint density at radius 2 is 1.77 bits per heavy atom. The Kier molecular flexibility index (Phi) is 8.88. The highest BCUT2D eigenvalue weighted by Crippen LogP contribution is 2.22. The summed E-state index contributed by atoms with van der Waals surface area (Å²) in [5.74, 6) is 2.40. The number of ether oxygens (including phenoxy) is 2. The quantitative estimate of drug-likeness (QED) is 0.454. The second-order valence-corrected chi connectivity index (χ2v) is 7.10. The Hall–Kier alpha value is -2.16. The molecular formula is C23H33NO2. The number of hydrogen-bond donors (Lipinski definition) is 1. The molecule has 26 heavy (non-hydrogen) atoms. The van der Waals surface area contributed by atoms with Gasteiger partial charge >= 0.3 is 0 Å². The SMILES string of the molecule is CCCCCCOc1ccccc1CNc1cccc(OCC(C)C)c1. The molecule has 0 unspecified atom stereocenters. The fraction of sp³-hybridized carbons (Fsp3) is 0.478. The molecule has 0 aromatic heterocycles. The second-order valence-electron chi connectivity index (χ2n) is 7.10. The van der Waals surface area contributed by atoms with Crippen molar-refractivity contribution in [3.8, 4) is 11.5 Å². The average Bonchev–Trinajstić information content (AvgIpc) is 2.66. The van der Waals surface area contributed by atoms with Crippen molar-refractivity contribution in [3.63, 3.8) is 0 Å². The molecule has 0 saturated heterocycles. The Morgan fingerprint density at radius 3 is 2.58 bits per heavy atom. The molecule has 0 spiro atoms. The molecule has 0 bridgehead atoms. The molecule has 2 rings (SSSR count). The zero-order valence-electron chi connectivity index (χ0n) is 16.5. The molecule has 1 N–H and O–H groups in total. The molecule has 2 aromatic carbocycles. The lowest BCUT2D eigenvalue weighted by molar-refractivity contribution is 0.271. The minimum Gasteiger partial charge on any atom is -0.493 e. The van der Waals surface area contributed by atoms with E-state index in [2.05, 4.69) is 56.4 Å². The van der Waals surface area contributed by atoms with Gasteiger partial charge in [-0.15, -0.1) is 0 Å². The summed E-state index contributed by atoms with van der Waals surface area (Å²) in [6.07, 6.45) is 4.88. The van der Waals surface area contributed by atoms with E-state index in [1.54, 1.807) is 0 Å². The maximum Gasteiger partial charge on any atom is 0.124 e. The summed E-state index contributed by atoms with van der Waals surface area (Å²) >= 11 is 0.